The molecule has 6 heterocycles. The Labute approximate surface area is 299 Å². The zero-order chi connectivity index (χ0) is 38.4. The van der Waals surface area contributed by atoms with E-state index in [9.17, 15) is 22.8 Å². The van der Waals surface area contributed by atoms with Crippen molar-refractivity contribution in [3.63, 3.8) is 0 Å². The summed E-state index contributed by atoms with van der Waals surface area (Å²) in [6, 6.07) is -1.14. The molecule has 3 aliphatic rings. The highest BCUT2D eigenvalue weighted by molar-refractivity contribution is 6.02. The number of nitrogens with zero attached hydrogens (tertiary/aromatic N) is 5. The number of piperazine rings is 1. The summed E-state index contributed by atoms with van der Waals surface area (Å²) in [7, 11) is 0. The zero-order valence-electron chi connectivity index (χ0n) is 31.0. The molecule has 0 spiro atoms. The molecular formula is C36H45F4N7O5. The van der Waals surface area contributed by atoms with E-state index in [0.717, 1.165) is 13.0 Å². The molecule has 2 fully saturated rings. The summed E-state index contributed by atoms with van der Waals surface area (Å²) in [6.07, 6.45) is -5.58. The van der Waals surface area contributed by atoms with E-state index in [1.165, 1.54) is 0 Å². The molecule has 1 unspecified atom stereocenters. The van der Waals surface area contributed by atoms with Crippen LogP contribution in [-0.2, 0) is 15.7 Å². The molecule has 0 aliphatic carbocycles. The van der Waals surface area contributed by atoms with Crippen LogP contribution in [-0.4, -0.2) is 74.0 Å². The van der Waals surface area contributed by atoms with Gasteiger partial charge < -0.3 is 30.2 Å². The number of hydrogen-bond donors (Lipinski definition) is 2. The lowest BCUT2D eigenvalue weighted by molar-refractivity contribution is -0.137. The topological polar surface area (TPSA) is 145 Å². The van der Waals surface area contributed by atoms with E-state index in [2.05, 4.69) is 15.3 Å². The van der Waals surface area contributed by atoms with E-state index in [4.69, 9.17) is 24.9 Å². The number of hydrogen-bond acceptors (Lipinski definition) is 10. The molecule has 0 aromatic carbocycles. The predicted molar refractivity (Wildman–Crippen MR) is 186 cm³/mol. The van der Waals surface area contributed by atoms with Crippen molar-refractivity contribution in [1.82, 2.24) is 25.2 Å². The van der Waals surface area contributed by atoms with Gasteiger partial charge in [-0.15, -0.1) is 0 Å². The summed E-state index contributed by atoms with van der Waals surface area (Å²) in [5.41, 5.74) is 1.95. The Hall–Kier alpha value is -4.63. The fourth-order valence-electron chi connectivity index (χ4n) is 7.88. The van der Waals surface area contributed by atoms with Gasteiger partial charge in [-0.25, -0.2) is 28.9 Å². The second-order valence-corrected chi connectivity index (χ2v) is 15.8. The first-order chi connectivity index (χ1) is 24.0. The molecule has 3 aromatic rings. The molecule has 2 saturated heterocycles. The Morgan fingerprint density at radius 1 is 1.00 bits per heavy atom. The van der Waals surface area contributed by atoms with Gasteiger partial charge in [0.25, 0.3) is 0 Å². The number of amides is 2. The van der Waals surface area contributed by atoms with Crippen LogP contribution >= 0.6 is 0 Å². The van der Waals surface area contributed by atoms with Crippen molar-refractivity contribution < 1.29 is 41.4 Å². The molecule has 3 N–H and O–H groups in total. The average molecular weight is 732 g/mol. The quantitative estimate of drug-likeness (QED) is 0.262. The Kier molecular flexibility index (Phi) is 8.93. The van der Waals surface area contributed by atoms with Crippen LogP contribution in [0.1, 0.15) is 96.8 Å². The van der Waals surface area contributed by atoms with Crippen molar-refractivity contribution in [2.24, 2.45) is 0 Å². The molecule has 0 saturated carbocycles. The lowest BCUT2D eigenvalue weighted by atomic mass is 9.94. The smallest absolute Gasteiger partial charge is 0.418 e. The number of fused-ring (bicyclic) bond motifs is 5. The van der Waals surface area contributed by atoms with E-state index in [-0.39, 0.29) is 40.1 Å². The lowest BCUT2D eigenvalue weighted by Gasteiger charge is -2.48. The number of carbonyl (C=O) groups excluding carboxylic acids is 2. The van der Waals surface area contributed by atoms with Gasteiger partial charge in [0.1, 0.15) is 34.6 Å². The van der Waals surface area contributed by atoms with E-state index in [0.29, 0.717) is 30.9 Å². The van der Waals surface area contributed by atoms with Gasteiger partial charge in [0.05, 0.1) is 40.8 Å². The average Bonchev–Trinajstić information content (AvgIpc) is 3.21. The molecule has 3 aliphatic heterocycles. The Balaban J connectivity index is 1.61. The van der Waals surface area contributed by atoms with E-state index < -0.39 is 76.1 Å². The number of alkyl carbamates (subject to hydrolysis) is 1. The minimum absolute atomic E-state index is 0.123. The second-order valence-electron chi connectivity index (χ2n) is 15.8. The summed E-state index contributed by atoms with van der Waals surface area (Å²) < 4.78 is 79.1. The standard InChI is InChI=1S/C36H45F4N7O5/c1-15-23(16(2)44-32(48)51-34(5,6)7)24-25-30(43-15)46-14-19-11-12-21(47(19)33(49)52-35(8,9)10)29(46)18(4)50-31(25)45-28(27(24)37)20-13-22(41)42-17(3)26(20)36(38,39)40/h13,16,18-19,21,29H,11-12,14H2,1-10H3,(H2,41,42)(H,44,48)/t16?,18-,19+,21-,29+/m0/s1. The number of aromatic nitrogens is 3. The van der Waals surface area contributed by atoms with Gasteiger partial charge in [0, 0.05) is 28.8 Å². The molecule has 52 heavy (non-hydrogen) atoms. The summed E-state index contributed by atoms with van der Waals surface area (Å²) in [5.74, 6) is -1.18. The van der Waals surface area contributed by atoms with Crippen molar-refractivity contribution in [2.75, 3.05) is 17.2 Å². The van der Waals surface area contributed by atoms with Gasteiger partial charge >= 0.3 is 18.4 Å². The van der Waals surface area contributed by atoms with E-state index in [1.54, 1.807) is 67.2 Å². The number of aryl methyl sites for hydroxylation is 2. The second kappa shape index (κ2) is 12.5. The number of anilines is 2. The fraction of sp³-hybridized carbons (Fsp3) is 0.583. The van der Waals surface area contributed by atoms with Crippen molar-refractivity contribution in [3.05, 3.63) is 34.4 Å². The lowest BCUT2D eigenvalue weighted by Crippen LogP contribution is -2.65. The molecule has 12 nitrogen and oxygen atoms in total. The number of alkyl halides is 3. The number of carbonyl (C=O) groups is 2. The number of ether oxygens (including phenoxy) is 3. The first-order valence-corrected chi connectivity index (χ1v) is 17.3. The monoisotopic (exact) mass is 731 g/mol. The highest BCUT2D eigenvalue weighted by Gasteiger charge is 2.54. The van der Waals surface area contributed by atoms with Crippen LogP contribution < -0.4 is 20.7 Å². The normalized spacial score (nSPS) is 22.0. The van der Waals surface area contributed by atoms with Crippen LogP contribution in [0.5, 0.6) is 5.88 Å². The number of nitrogen functional groups attached to an aromatic ring is 1. The van der Waals surface area contributed by atoms with Crippen LogP contribution in [0.3, 0.4) is 0 Å². The van der Waals surface area contributed by atoms with Gasteiger partial charge in [0.15, 0.2) is 5.82 Å². The Morgan fingerprint density at radius 2 is 1.65 bits per heavy atom. The molecular weight excluding hydrogens is 686 g/mol. The van der Waals surface area contributed by atoms with Gasteiger partial charge in [-0.1, -0.05) is 0 Å². The van der Waals surface area contributed by atoms with Gasteiger partial charge in [-0.3, -0.25) is 4.90 Å². The highest BCUT2D eigenvalue weighted by Crippen LogP contribution is 2.49. The highest BCUT2D eigenvalue weighted by atomic mass is 19.4. The number of pyridine rings is 3. The molecule has 0 radical (unpaired) electrons. The maximum Gasteiger partial charge on any atom is 0.418 e. The van der Waals surface area contributed by atoms with Crippen LogP contribution in [0.15, 0.2) is 6.07 Å². The summed E-state index contributed by atoms with van der Waals surface area (Å²) in [6.45, 7) is 16.9. The minimum atomic E-state index is -4.94. The van der Waals surface area contributed by atoms with Crippen LogP contribution in [0.4, 0.5) is 38.8 Å². The van der Waals surface area contributed by atoms with Crippen molar-refractivity contribution in [1.29, 1.82) is 0 Å². The molecule has 5 atom stereocenters. The molecule has 282 valence electrons. The maximum absolute atomic E-state index is 17.5. The molecule has 2 amide bonds. The third kappa shape index (κ3) is 6.60. The van der Waals surface area contributed by atoms with Crippen LogP contribution in [0.25, 0.3) is 22.0 Å². The van der Waals surface area contributed by atoms with Crippen LogP contribution in [0.2, 0.25) is 0 Å². The number of nitrogens with one attached hydrogen (secondary N) is 1. The predicted octanol–water partition coefficient (Wildman–Crippen LogP) is 7.37. The molecule has 16 heteroatoms. The maximum atomic E-state index is 17.5. The number of rotatable bonds is 3. The summed E-state index contributed by atoms with van der Waals surface area (Å²) in [4.78, 5) is 43.5. The number of halogens is 4. The number of nitrogens with two attached hydrogens (primary N) is 1. The molecule has 3 aromatic heterocycles. The third-order valence-corrected chi connectivity index (χ3v) is 9.55. The first-order valence-electron chi connectivity index (χ1n) is 17.3. The fourth-order valence-corrected chi connectivity index (χ4v) is 7.88. The van der Waals surface area contributed by atoms with E-state index >= 15 is 4.39 Å². The van der Waals surface area contributed by atoms with Gasteiger partial charge in [0.2, 0.25) is 5.88 Å². The zero-order valence-corrected chi connectivity index (χ0v) is 31.0. The van der Waals surface area contributed by atoms with Crippen molar-refractivity contribution >= 4 is 34.6 Å². The largest absolute Gasteiger partial charge is 0.472 e. The SMILES string of the molecule is Cc1nc(N)cc(-c2nc3c4c(nc(C)c(C(C)NC(=O)OC(C)(C)C)c4c2F)N2C[C@H]4CC[C@@H]([C@H]2[C@H](C)O3)N4C(=O)OC(C)(C)C)c1C(F)(F)F. The molecule has 6 rings (SSSR count). The summed E-state index contributed by atoms with van der Waals surface area (Å²) >= 11 is 0. The van der Waals surface area contributed by atoms with E-state index in [1.807, 2.05) is 4.90 Å². The molecule has 2 bridgehead atoms. The minimum Gasteiger partial charge on any atom is -0.472 e. The summed E-state index contributed by atoms with van der Waals surface area (Å²) in [5, 5.41) is 2.74. The Morgan fingerprint density at radius 3 is 2.27 bits per heavy atom. The first kappa shape index (κ1) is 37.1. The van der Waals surface area contributed by atoms with Crippen molar-refractivity contribution in [2.45, 2.75) is 130 Å². The van der Waals surface area contributed by atoms with Crippen LogP contribution in [0, 0.1) is 19.7 Å². The van der Waals surface area contributed by atoms with Crippen molar-refractivity contribution in [3.8, 4) is 17.1 Å². The van der Waals surface area contributed by atoms with Gasteiger partial charge in [-0.2, -0.15) is 13.2 Å². The third-order valence-electron chi connectivity index (χ3n) is 9.55. The van der Waals surface area contributed by atoms with Gasteiger partial charge in [-0.05, 0) is 88.1 Å². The Bertz CT molecular complexity index is 1960.